The Labute approximate surface area is 755 Å². The van der Waals surface area contributed by atoms with Crippen molar-refractivity contribution >= 4 is 101 Å². The SMILES string of the molecule is [2H]c1c([2H])c([2H])c2c(c1[2H])-c1c([2H])c([2H])c([2H])c([2H])c1C21c2ccccc2-c2cccc(-c3ccc4c(c3)B3c5ccc(-n6c7ccc(C(C)(C)C)cc7c7ccc(C(C)(C)C)cc76)cc5N(c5ccc(C(C)(C)C)cc5-c5ccccc5)c5cc(-n6c7ccc(C(C)(C)C)cc7c7cc(C(C)(C)C)ccc76)cc(c53)N4c3c(-c4ccccc4)cc(C(C)(C)C)cc3-c3ccccc3)c21. The summed E-state index contributed by atoms with van der Waals surface area (Å²) >= 11 is 0. The monoisotopic (exact) mass is 1640 g/mol. The van der Waals surface area contributed by atoms with Crippen molar-refractivity contribution in [2.24, 2.45) is 0 Å². The van der Waals surface area contributed by atoms with Crippen molar-refractivity contribution in [1.82, 2.24) is 9.13 Å². The van der Waals surface area contributed by atoms with Crippen LogP contribution < -0.4 is 26.2 Å². The molecule has 616 valence electrons. The largest absolute Gasteiger partial charge is 0.311 e. The Morgan fingerprint density at radius 3 is 1.23 bits per heavy atom. The number of benzene rings is 16. The Hall–Kier alpha value is -13.2. The van der Waals surface area contributed by atoms with E-state index in [1.54, 1.807) is 0 Å². The Kier molecular flexibility index (Phi) is 15.5. The van der Waals surface area contributed by atoms with E-state index in [1.807, 2.05) is 18.2 Å². The molecule has 18 aromatic rings. The second-order valence-corrected chi connectivity index (χ2v) is 41.9. The smallest absolute Gasteiger partial charge is 0.252 e. The molecule has 0 N–H and O–H groups in total. The molecule has 2 aliphatic carbocycles. The number of rotatable bonds is 8. The Morgan fingerprint density at radius 2 is 0.683 bits per heavy atom. The highest BCUT2D eigenvalue weighted by atomic mass is 15.2. The molecule has 0 unspecified atom stereocenters. The van der Waals surface area contributed by atoms with Crippen LogP contribution in [0.2, 0.25) is 0 Å². The van der Waals surface area contributed by atoms with Gasteiger partial charge in [-0.1, -0.05) is 361 Å². The molecule has 0 amide bonds. The van der Waals surface area contributed by atoms with Crippen molar-refractivity contribution in [3.8, 4) is 78.1 Å². The molecule has 0 saturated heterocycles. The average Bonchev–Trinajstić information content (AvgIpc) is 1.48. The normalized spacial score (nSPS) is 14.9. The van der Waals surface area contributed by atoms with Crippen molar-refractivity contribution in [2.45, 2.75) is 163 Å². The third kappa shape index (κ3) is 12.1. The first-order chi connectivity index (χ1) is 63.6. The highest BCUT2D eigenvalue weighted by Crippen LogP contribution is 2.65. The predicted octanol–water partition coefficient (Wildman–Crippen LogP) is 30.8. The van der Waals surface area contributed by atoms with E-state index in [4.69, 9.17) is 0 Å². The first-order valence-electron chi connectivity index (χ1n) is 48.8. The van der Waals surface area contributed by atoms with Gasteiger partial charge in [-0.2, -0.15) is 0 Å². The minimum Gasteiger partial charge on any atom is -0.311 e. The van der Waals surface area contributed by atoms with Crippen molar-refractivity contribution < 1.29 is 11.0 Å². The van der Waals surface area contributed by atoms with Gasteiger partial charge in [0.25, 0.3) is 6.71 Å². The predicted molar refractivity (Wildman–Crippen MR) is 539 cm³/mol. The standard InChI is InChI=1S/C121H109BN4/c1-115(2,3)78-51-59-103(92(64-78)74-35-22-19-23-36-74)125-109-71-84(123-104-60-52-79(116(4,5)6)65-95(104)90-56-50-82(70-108(90)123)119(13,14)15)55-57-101(109)122-102-63-77(86-44-34-45-91-89-43-30-33-48-100(89)121(112(86)91)98-46-31-28-41-87(98)88-42-29-32-47-99(88)121)49-58-107(102)126(114-93(75-37-24-20-25-38-75)68-83(120(16,17)18)69-94(114)76-39-26-21-27-40-76)111-73-85(72-110(125)113(111)122)124-105-61-53-80(117(7,8)9)66-96(105)97-67-81(118(10,11)12)54-62-106(97)124/h19-73H,1-18H3/i28D,29D,31D,32D,41D,42D,46D,47D. The lowest BCUT2D eigenvalue weighted by Crippen LogP contribution is -2.61. The van der Waals surface area contributed by atoms with Gasteiger partial charge in [0.2, 0.25) is 0 Å². The second-order valence-electron chi connectivity index (χ2n) is 41.9. The van der Waals surface area contributed by atoms with Crippen LogP contribution in [-0.2, 0) is 37.9 Å². The second kappa shape index (κ2) is 27.9. The van der Waals surface area contributed by atoms with Crippen LogP contribution in [0.25, 0.3) is 122 Å². The zero-order chi connectivity index (χ0) is 93.9. The van der Waals surface area contributed by atoms with Crippen LogP contribution in [0.4, 0.5) is 34.1 Å². The van der Waals surface area contributed by atoms with Crippen molar-refractivity contribution in [3.63, 3.8) is 0 Å². The molecule has 1 spiro atoms. The molecule has 2 aliphatic heterocycles. The molecule has 0 saturated carbocycles. The number of aromatic nitrogens is 2. The Balaban J connectivity index is 0.947. The van der Waals surface area contributed by atoms with Gasteiger partial charge in [0.05, 0.1) is 55.5 Å². The third-order valence-corrected chi connectivity index (χ3v) is 27.9. The van der Waals surface area contributed by atoms with E-state index in [2.05, 4.69) is 410 Å². The maximum absolute atomic E-state index is 10.4. The number of hydrogen-bond acceptors (Lipinski definition) is 2. The maximum atomic E-state index is 10.4. The van der Waals surface area contributed by atoms with E-state index in [-0.39, 0.29) is 78.9 Å². The summed E-state index contributed by atoms with van der Waals surface area (Å²) in [5.74, 6) is 0. The van der Waals surface area contributed by atoms with Crippen LogP contribution >= 0.6 is 0 Å². The van der Waals surface area contributed by atoms with Gasteiger partial charge in [-0.25, -0.2) is 0 Å². The van der Waals surface area contributed by atoms with Crippen molar-refractivity contribution in [3.05, 3.63) is 389 Å². The molecule has 0 atom stereocenters. The molecule has 4 heterocycles. The number of nitrogens with zero attached hydrogens (tertiary/aromatic N) is 4. The van der Waals surface area contributed by atoms with Gasteiger partial charge in [0.1, 0.15) is 0 Å². The zero-order valence-electron chi connectivity index (χ0n) is 83.5. The summed E-state index contributed by atoms with van der Waals surface area (Å²) in [5, 5.41) is 4.69. The first-order valence-corrected chi connectivity index (χ1v) is 44.8. The van der Waals surface area contributed by atoms with Crippen LogP contribution in [0, 0.1) is 0 Å². The number of anilines is 6. The van der Waals surface area contributed by atoms with Gasteiger partial charge in [-0.15, -0.1) is 0 Å². The molecule has 126 heavy (non-hydrogen) atoms. The summed E-state index contributed by atoms with van der Waals surface area (Å²) in [6.45, 7) is 41.0. The van der Waals surface area contributed by atoms with Crippen molar-refractivity contribution in [2.75, 3.05) is 9.80 Å². The highest BCUT2D eigenvalue weighted by Gasteiger charge is 2.54. The van der Waals surface area contributed by atoms with Crippen LogP contribution in [0.3, 0.4) is 0 Å². The lowest BCUT2D eigenvalue weighted by atomic mass is 9.33. The minimum atomic E-state index is -1.71. The molecule has 0 radical (unpaired) electrons. The number of hydrogen-bond donors (Lipinski definition) is 0. The van der Waals surface area contributed by atoms with Crippen LogP contribution in [0.5, 0.6) is 0 Å². The molecule has 16 aromatic carbocycles. The summed E-state index contributed by atoms with van der Waals surface area (Å²) in [6, 6.07) is 104. The highest BCUT2D eigenvalue weighted by molar-refractivity contribution is 7.00. The van der Waals surface area contributed by atoms with Gasteiger partial charge in [-0.3, -0.25) is 0 Å². The van der Waals surface area contributed by atoms with E-state index in [9.17, 15) is 11.0 Å². The molecule has 0 fully saturated rings. The van der Waals surface area contributed by atoms with Gasteiger partial charge in [-0.05, 0) is 252 Å². The van der Waals surface area contributed by atoms with Crippen molar-refractivity contribution in [1.29, 1.82) is 0 Å². The van der Waals surface area contributed by atoms with Gasteiger partial charge in [0, 0.05) is 66.7 Å². The molecule has 4 nitrogen and oxygen atoms in total. The van der Waals surface area contributed by atoms with E-state index >= 15 is 0 Å². The fourth-order valence-electron chi connectivity index (χ4n) is 21.2. The fraction of sp³-hybridized carbons (Fsp3) is 0.207. The molecule has 5 heteroatoms. The Bertz CT molecular complexity index is 7890. The molecular formula is C121H109BN4. The van der Waals surface area contributed by atoms with E-state index < -0.39 is 36.3 Å². The molecule has 22 rings (SSSR count). The van der Waals surface area contributed by atoms with Crippen LogP contribution in [0.1, 0.15) is 191 Å². The lowest BCUT2D eigenvalue weighted by Gasteiger charge is -2.46. The summed E-state index contributed by atoms with van der Waals surface area (Å²) in [5.41, 5.74) is 30.9. The third-order valence-electron chi connectivity index (χ3n) is 27.9. The van der Waals surface area contributed by atoms with Gasteiger partial charge in [0.15, 0.2) is 0 Å². The summed E-state index contributed by atoms with van der Waals surface area (Å²) < 4.78 is 84.1. The fourth-order valence-corrected chi connectivity index (χ4v) is 21.2. The Morgan fingerprint density at radius 1 is 0.254 bits per heavy atom. The van der Waals surface area contributed by atoms with Gasteiger partial charge >= 0.3 is 0 Å². The molecular weight excluding hydrogens is 1520 g/mol. The summed E-state index contributed by atoms with van der Waals surface area (Å²) in [6.07, 6.45) is 0. The molecule has 0 bridgehead atoms. The maximum Gasteiger partial charge on any atom is 0.252 e. The first kappa shape index (κ1) is 70.1. The summed E-state index contributed by atoms with van der Waals surface area (Å²) in [7, 11) is 0. The molecule has 2 aromatic heterocycles. The zero-order valence-corrected chi connectivity index (χ0v) is 75.5. The lowest BCUT2D eigenvalue weighted by molar-refractivity contribution is 0.590. The van der Waals surface area contributed by atoms with Gasteiger partial charge < -0.3 is 18.9 Å². The molecule has 4 aliphatic rings. The van der Waals surface area contributed by atoms with E-state index in [1.165, 1.54) is 54.9 Å². The van der Waals surface area contributed by atoms with E-state index in [0.29, 0.717) is 11.1 Å². The van der Waals surface area contributed by atoms with E-state index in [0.717, 1.165) is 140 Å². The summed E-state index contributed by atoms with van der Waals surface area (Å²) in [4.78, 5) is 5.26. The average molecular weight is 1640 g/mol. The van der Waals surface area contributed by atoms with Crippen LogP contribution in [-0.4, -0.2) is 15.8 Å². The number of fused-ring (bicyclic) bond motifs is 20. The minimum absolute atomic E-state index is 0.0718. The quantitative estimate of drug-likeness (QED) is 0.141. The topological polar surface area (TPSA) is 16.3 Å². The van der Waals surface area contributed by atoms with Crippen LogP contribution in [0.15, 0.2) is 333 Å².